The lowest BCUT2D eigenvalue weighted by atomic mass is 10.1. The van der Waals surface area contributed by atoms with E-state index in [-0.39, 0.29) is 23.2 Å². The van der Waals surface area contributed by atoms with Gasteiger partial charge in [0.15, 0.2) is 0 Å². The molecule has 20 heavy (non-hydrogen) atoms. The molecule has 1 heterocycles. The van der Waals surface area contributed by atoms with Crippen molar-refractivity contribution in [3.8, 4) is 0 Å². The van der Waals surface area contributed by atoms with Crippen LogP contribution < -0.4 is 5.73 Å². The van der Waals surface area contributed by atoms with Gasteiger partial charge < -0.3 is 5.73 Å². The molecule has 0 spiro atoms. The molecule has 1 aliphatic rings. The molecule has 110 valence electrons. The van der Waals surface area contributed by atoms with Crippen molar-refractivity contribution in [3.63, 3.8) is 0 Å². The average Bonchev–Trinajstić information content (AvgIpc) is 2.79. The van der Waals surface area contributed by atoms with Crippen molar-refractivity contribution in [3.05, 3.63) is 33.4 Å². The monoisotopic (exact) mass is 299 g/mol. The van der Waals surface area contributed by atoms with Gasteiger partial charge in [0, 0.05) is 31.3 Å². The van der Waals surface area contributed by atoms with Crippen LogP contribution in [0.1, 0.15) is 17.5 Å². The number of nitro groups is 1. The maximum absolute atomic E-state index is 12.6. The van der Waals surface area contributed by atoms with Crippen LogP contribution in [0, 0.1) is 24.0 Å². The zero-order valence-corrected chi connectivity index (χ0v) is 12.2. The molecule has 2 rings (SSSR count). The van der Waals surface area contributed by atoms with Gasteiger partial charge >= 0.3 is 0 Å². The van der Waals surface area contributed by atoms with Crippen LogP contribution in [-0.2, 0) is 10.0 Å². The lowest BCUT2D eigenvalue weighted by molar-refractivity contribution is -0.385. The van der Waals surface area contributed by atoms with Gasteiger partial charge in [0.2, 0.25) is 10.0 Å². The van der Waals surface area contributed by atoms with Crippen LogP contribution in [0.5, 0.6) is 0 Å². The van der Waals surface area contributed by atoms with Gasteiger partial charge in [0.05, 0.1) is 9.82 Å². The minimum absolute atomic E-state index is 0.00157. The average molecular weight is 299 g/mol. The van der Waals surface area contributed by atoms with Crippen LogP contribution in [-0.4, -0.2) is 36.8 Å². The SMILES string of the molecule is Cc1cc([N+](=O)[O-])cc(S(=O)(=O)N2CCC(N)C2)c1C. The molecule has 7 nitrogen and oxygen atoms in total. The van der Waals surface area contributed by atoms with Crippen LogP contribution >= 0.6 is 0 Å². The van der Waals surface area contributed by atoms with Crippen LogP contribution in [0.15, 0.2) is 17.0 Å². The summed E-state index contributed by atoms with van der Waals surface area (Å²) < 4.78 is 26.4. The Bertz CT molecular complexity index is 657. The third kappa shape index (κ3) is 2.54. The largest absolute Gasteiger partial charge is 0.326 e. The fraction of sp³-hybridized carbons (Fsp3) is 0.500. The summed E-state index contributed by atoms with van der Waals surface area (Å²) in [4.78, 5) is 10.3. The molecule has 1 aromatic rings. The molecular weight excluding hydrogens is 282 g/mol. The Kier molecular flexibility index (Phi) is 3.81. The van der Waals surface area contributed by atoms with E-state index in [0.29, 0.717) is 24.1 Å². The van der Waals surface area contributed by atoms with E-state index in [2.05, 4.69) is 0 Å². The number of nitrogens with two attached hydrogens (primary N) is 1. The quantitative estimate of drug-likeness (QED) is 0.660. The van der Waals surface area contributed by atoms with Crippen molar-refractivity contribution in [2.45, 2.75) is 31.2 Å². The molecule has 0 aliphatic carbocycles. The molecular formula is C12H17N3O4S. The van der Waals surface area contributed by atoms with E-state index < -0.39 is 14.9 Å². The fourth-order valence-electron chi connectivity index (χ4n) is 2.29. The number of aryl methyl sites for hydroxylation is 1. The second-order valence-corrected chi connectivity index (χ2v) is 6.96. The predicted octanol–water partition coefficient (Wildman–Crippen LogP) is 0.933. The molecule has 1 atom stereocenters. The summed E-state index contributed by atoms with van der Waals surface area (Å²) in [5.74, 6) is 0. The van der Waals surface area contributed by atoms with E-state index in [0.717, 1.165) is 6.07 Å². The van der Waals surface area contributed by atoms with E-state index in [1.165, 1.54) is 10.4 Å². The molecule has 1 saturated heterocycles. The number of nitrogens with zero attached hydrogens (tertiary/aromatic N) is 2. The molecule has 0 radical (unpaired) electrons. The first-order chi connectivity index (χ1) is 9.23. The summed E-state index contributed by atoms with van der Waals surface area (Å²) in [7, 11) is -3.73. The predicted molar refractivity (Wildman–Crippen MR) is 73.9 cm³/mol. The minimum Gasteiger partial charge on any atom is -0.326 e. The first kappa shape index (κ1) is 14.9. The Balaban J connectivity index is 2.54. The van der Waals surface area contributed by atoms with Crippen molar-refractivity contribution < 1.29 is 13.3 Å². The molecule has 1 aromatic carbocycles. The maximum atomic E-state index is 12.6. The molecule has 0 bridgehead atoms. The Labute approximate surface area is 117 Å². The second kappa shape index (κ2) is 5.12. The normalized spacial score (nSPS) is 20.2. The summed E-state index contributed by atoms with van der Waals surface area (Å²) in [6, 6.07) is 2.33. The van der Waals surface area contributed by atoms with Gasteiger partial charge in [-0.15, -0.1) is 0 Å². The van der Waals surface area contributed by atoms with Gasteiger partial charge in [-0.2, -0.15) is 4.31 Å². The summed E-state index contributed by atoms with van der Waals surface area (Å²) in [5, 5.41) is 10.9. The first-order valence-corrected chi connectivity index (χ1v) is 7.69. The summed E-state index contributed by atoms with van der Waals surface area (Å²) in [6.07, 6.45) is 0.603. The molecule has 2 N–H and O–H groups in total. The van der Waals surface area contributed by atoms with Crippen LogP contribution in [0.2, 0.25) is 0 Å². The highest BCUT2D eigenvalue weighted by Crippen LogP contribution is 2.29. The first-order valence-electron chi connectivity index (χ1n) is 6.25. The number of hydrogen-bond donors (Lipinski definition) is 1. The number of rotatable bonds is 3. The lowest BCUT2D eigenvalue weighted by Crippen LogP contribution is -2.32. The highest BCUT2D eigenvalue weighted by molar-refractivity contribution is 7.89. The van der Waals surface area contributed by atoms with Crippen molar-refractivity contribution in [1.82, 2.24) is 4.31 Å². The number of nitro benzene ring substituents is 1. The number of benzene rings is 1. The summed E-state index contributed by atoms with van der Waals surface area (Å²) >= 11 is 0. The van der Waals surface area contributed by atoms with Crippen molar-refractivity contribution in [2.24, 2.45) is 5.73 Å². The zero-order valence-electron chi connectivity index (χ0n) is 11.4. The number of hydrogen-bond acceptors (Lipinski definition) is 5. The van der Waals surface area contributed by atoms with Crippen LogP contribution in [0.4, 0.5) is 5.69 Å². The molecule has 8 heteroatoms. The maximum Gasteiger partial charge on any atom is 0.271 e. The van der Waals surface area contributed by atoms with E-state index in [1.54, 1.807) is 13.8 Å². The Morgan fingerprint density at radius 3 is 2.55 bits per heavy atom. The van der Waals surface area contributed by atoms with E-state index >= 15 is 0 Å². The topological polar surface area (TPSA) is 107 Å². The van der Waals surface area contributed by atoms with Gasteiger partial charge in [-0.25, -0.2) is 8.42 Å². The zero-order chi connectivity index (χ0) is 15.1. The second-order valence-electron chi connectivity index (χ2n) is 5.05. The third-order valence-corrected chi connectivity index (χ3v) is 5.61. The van der Waals surface area contributed by atoms with Gasteiger partial charge in [-0.05, 0) is 31.4 Å². The molecule has 0 amide bonds. The van der Waals surface area contributed by atoms with Gasteiger partial charge in [-0.1, -0.05) is 0 Å². The highest BCUT2D eigenvalue weighted by atomic mass is 32.2. The lowest BCUT2D eigenvalue weighted by Gasteiger charge is -2.18. The van der Waals surface area contributed by atoms with Gasteiger partial charge in [0.25, 0.3) is 5.69 Å². The smallest absolute Gasteiger partial charge is 0.271 e. The Hall–Kier alpha value is -1.51. The molecule has 1 aliphatic heterocycles. The molecule has 1 unspecified atom stereocenters. The van der Waals surface area contributed by atoms with E-state index in [9.17, 15) is 18.5 Å². The highest BCUT2D eigenvalue weighted by Gasteiger charge is 2.33. The Morgan fingerprint density at radius 1 is 1.40 bits per heavy atom. The van der Waals surface area contributed by atoms with Gasteiger partial charge in [-0.3, -0.25) is 10.1 Å². The van der Waals surface area contributed by atoms with E-state index in [4.69, 9.17) is 5.73 Å². The van der Waals surface area contributed by atoms with Crippen LogP contribution in [0.25, 0.3) is 0 Å². The summed E-state index contributed by atoms with van der Waals surface area (Å²) in [6.45, 7) is 3.92. The number of non-ortho nitro benzene ring substituents is 1. The standard InChI is InChI=1S/C12H17N3O4S/c1-8-5-11(15(16)17)6-12(9(8)2)20(18,19)14-4-3-10(13)7-14/h5-6,10H,3-4,7,13H2,1-2H3. The number of sulfonamides is 1. The Morgan fingerprint density at radius 2 is 2.05 bits per heavy atom. The molecule has 1 fully saturated rings. The van der Waals surface area contributed by atoms with Crippen molar-refractivity contribution >= 4 is 15.7 Å². The van der Waals surface area contributed by atoms with Crippen LogP contribution in [0.3, 0.4) is 0 Å². The molecule has 0 saturated carbocycles. The van der Waals surface area contributed by atoms with E-state index in [1.807, 2.05) is 0 Å². The molecule has 0 aromatic heterocycles. The van der Waals surface area contributed by atoms with Crippen molar-refractivity contribution in [2.75, 3.05) is 13.1 Å². The fourth-order valence-corrected chi connectivity index (χ4v) is 4.12. The van der Waals surface area contributed by atoms with Gasteiger partial charge in [0.1, 0.15) is 0 Å². The minimum atomic E-state index is -3.73. The third-order valence-electron chi connectivity index (χ3n) is 3.62. The van der Waals surface area contributed by atoms with Crippen molar-refractivity contribution in [1.29, 1.82) is 0 Å². The summed E-state index contributed by atoms with van der Waals surface area (Å²) in [5.41, 5.74) is 6.64.